The van der Waals surface area contributed by atoms with E-state index >= 15 is 0 Å². The van der Waals surface area contributed by atoms with Crippen LogP contribution in [-0.4, -0.2) is 0 Å². The lowest BCUT2D eigenvalue weighted by Gasteiger charge is -2.03. The number of allylic oxidation sites excluding steroid dienone is 5. The van der Waals surface area contributed by atoms with Crippen LogP contribution in [0.5, 0.6) is 0 Å². The van der Waals surface area contributed by atoms with Crippen molar-refractivity contribution in [2.24, 2.45) is 5.92 Å². The standard InChI is InChI=1S/C11H12/c1-10(2)11-8-6-4-3-5-7-9-11/h3-4,6,8,11H,1,5H2,2H3/b4-3-,8-6-. The average molecular weight is 144 g/mol. The van der Waals surface area contributed by atoms with Gasteiger partial charge in [-0.2, -0.15) is 0 Å². The zero-order valence-corrected chi connectivity index (χ0v) is 6.80. The lowest BCUT2D eigenvalue weighted by atomic mass is 10.0. The zero-order valence-electron chi connectivity index (χ0n) is 6.80. The van der Waals surface area contributed by atoms with E-state index in [0.717, 1.165) is 12.0 Å². The second-order valence-corrected chi connectivity index (χ2v) is 2.66. The molecule has 0 heterocycles. The van der Waals surface area contributed by atoms with E-state index < -0.39 is 0 Å². The van der Waals surface area contributed by atoms with Gasteiger partial charge in [-0.25, -0.2) is 0 Å². The van der Waals surface area contributed by atoms with Gasteiger partial charge in [-0.3, -0.25) is 0 Å². The van der Waals surface area contributed by atoms with Gasteiger partial charge in [0, 0.05) is 6.42 Å². The van der Waals surface area contributed by atoms with E-state index in [9.17, 15) is 0 Å². The SMILES string of the molecule is C=C(C)C1C#CC/C=C\C=C/1. The van der Waals surface area contributed by atoms with E-state index in [2.05, 4.69) is 30.6 Å². The Bertz CT molecular complexity index is 255. The summed E-state index contributed by atoms with van der Waals surface area (Å²) in [6, 6.07) is 0. The molecule has 0 aliphatic heterocycles. The molecule has 1 atom stereocenters. The first-order valence-corrected chi connectivity index (χ1v) is 3.78. The highest BCUT2D eigenvalue weighted by atomic mass is 14.0. The quantitative estimate of drug-likeness (QED) is 0.392. The van der Waals surface area contributed by atoms with Crippen molar-refractivity contribution < 1.29 is 0 Å². The second kappa shape index (κ2) is 3.83. The van der Waals surface area contributed by atoms with Gasteiger partial charge in [-0.05, 0) is 6.92 Å². The average Bonchev–Trinajstić information content (AvgIpc) is 1.84. The van der Waals surface area contributed by atoms with Crippen LogP contribution in [0.2, 0.25) is 0 Å². The summed E-state index contributed by atoms with van der Waals surface area (Å²) in [5.74, 6) is 6.45. The van der Waals surface area contributed by atoms with E-state index in [4.69, 9.17) is 0 Å². The van der Waals surface area contributed by atoms with E-state index in [0.29, 0.717) is 0 Å². The molecule has 0 spiro atoms. The van der Waals surface area contributed by atoms with E-state index in [1.807, 2.05) is 19.1 Å². The highest BCUT2D eigenvalue weighted by Crippen LogP contribution is 2.09. The maximum Gasteiger partial charge on any atom is 0.0590 e. The summed E-state index contributed by atoms with van der Waals surface area (Å²) >= 11 is 0. The van der Waals surface area contributed by atoms with Crippen LogP contribution in [0.25, 0.3) is 0 Å². The van der Waals surface area contributed by atoms with E-state index in [-0.39, 0.29) is 5.92 Å². The van der Waals surface area contributed by atoms with Gasteiger partial charge in [0.15, 0.2) is 0 Å². The smallest absolute Gasteiger partial charge is 0.0590 e. The minimum Gasteiger partial charge on any atom is -0.0986 e. The molecule has 11 heavy (non-hydrogen) atoms. The van der Waals surface area contributed by atoms with Crippen molar-refractivity contribution in [1.82, 2.24) is 0 Å². The van der Waals surface area contributed by atoms with Crippen molar-refractivity contribution in [2.45, 2.75) is 13.3 Å². The normalized spacial score (nSPS) is 27.2. The van der Waals surface area contributed by atoms with Gasteiger partial charge in [0.25, 0.3) is 0 Å². The third-order valence-electron chi connectivity index (χ3n) is 1.56. The summed E-state index contributed by atoms with van der Waals surface area (Å²) < 4.78 is 0. The first-order valence-electron chi connectivity index (χ1n) is 3.78. The fourth-order valence-electron chi connectivity index (χ4n) is 0.885. The third kappa shape index (κ3) is 2.47. The van der Waals surface area contributed by atoms with Crippen LogP contribution in [-0.2, 0) is 0 Å². The monoisotopic (exact) mass is 144 g/mol. The Hall–Kier alpha value is -1.22. The summed E-state index contributed by atoms with van der Waals surface area (Å²) in [4.78, 5) is 0. The lowest BCUT2D eigenvalue weighted by molar-refractivity contribution is 1.01. The fourth-order valence-corrected chi connectivity index (χ4v) is 0.885. The van der Waals surface area contributed by atoms with Crippen molar-refractivity contribution in [3.8, 4) is 11.8 Å². The first kappa shape index (κ1) is 7.88. The van der Waals surface area contributed by atoms with Crippen molar-refractivity contribution in [3.05, 3.63) is 36.5 Å². The van der Waals surface area contributed by atoms with Crippen LogP contribution < -0.4 is 0 Å². The molecule has 0 bridgehead atoms. The molecule has 1 unspecified atom stereocenters. The fraction of sp³-hybridized carbons (Fsp3) is 0.273. The molecular formula is C11H12. The Labute approximate surface area is 68.3 Å². The Kier molecular flexibility index (Phi) is 2.74. The number of hydrogen-bond acceptors (Lipinski definition) is 0. The predicted octanol–water partition coefficient (Wildman–Crippen LogP) is 2.70. The molecule has 0 aromatic rings. The van der Waals surface area contributed by atoms with Gasteiger partial charge in [-0.1, -0.05) is 48.3 Å². The largest absolute Gasteiger partial charge is 0.0986 e. The summed E-state index contributed by atoms with van der Waals surface area (Å²) in [7, 11) is 0. The second-order valence-electron chi connectivity index (χ2n) is 2.66. The Morgan fingerprint density at radius 1 is 1.55 bits per heavy atom. The Morgan fingerprint density at radius 2 is 2.36 bits per heavy atom. The van der Waals surface area contributed by atoms with E-state index in [1.165, 1.54) is 0 Å². The summed E-state index contributed by atoms with van der Waals surface area (Å²) in [6.07, 6.45) is 9.05. The summed E-state index contributed by atoms with van der Waals surface area (Å²) in [5, 5.41) is 0. The van der Waals surface area contributed by atoms with Crippen LogP contribution in [0.1, 0.15) is 13.3 Å². The van der Waals surface area contributed by atoms with Crippen LogP contribution in [0.3, 0.4) is 0 Å². The highest BCUT2D eigenvalue weighted by Gasteiger charge is 1.98. The number of hydrogen-bond donors (Lipinski definition) is 0. The van der Waals surface area contributed by atoms with Crippen LogP contribution >= 0.6 is 0 Å². The molecule has 0 nitrogen and oxygen atoms in total. The van der Waals surface area contributed by atoms with Gasteiger partial charge in [0.05, 0.1) is 5.92 Å². The summed E-state index contributed by atoms with van der Waals surface area (Å²) in [6.45, 7) is 5.88. The van der Waals surface area contributed by atoms with Crippen molar-refractivity contribution in [3.63, 3.8) is 0 Å². The lowest BCUT2D eigenvalue weighted by Crippen LogP contribution is -1.93. The Balaban J connectivity index is 2.78. The molecular weight excluding hydrogens is 132 g/mol. The molecule has 0 saturated heterocycles. The molecule has 0 N–H and O–H groups in total. The number of rotatable bonds is 1. The molecule has 1 rings (SSSR count). The molecule has 1 aliphatic rings. The van der Waals surface area contributed by atoms with Crippen LogP contribution in [0.15, 0.2) is 36.5 Å². The Morgan fingerprint density at radius 3 is 3.09 bits per heavy atom. The molecule has 0 heteroatoms. The molecule has 0 amide bonds. The predicted molar refractivity (Wildman–Crippen MR) is 49.0 cm³/mol. The van der Waals surface area contributed by atoms with Gasteiger partial charge >= 0.3 is 0 Å². The molecule has 56 valence electrons. The van der Waals surface area contributed by atoms with Crippen molar-refractivity contribution in [1.29, 1.82) is 0 Å². The topological polar surface area (TPSA) is 0 Å². The van der Waals surface area contributed by atoms with Gasteiger partial charge in [0.1, 0.15) is 0 Å². The molecule has 0 radical (unpaired) electrons. The maximum absolute atomic E-state index is 3.87. The molecule has 0 fully saturated rings. The molecule has 0 aromatic carbocycles. The third-order valence-corrected chi connectivity index (χ3v) is 1.56. The van der Waals surface area contributed by atoms with Gasteiger partial charge in [0.2, 0.25) is 0 Å². The van der Waals surface area contributed by atoms with Gasteiger partial charge in [-0.15, -0.1) is 0 Å². The highest BCUT2D eigenvalue weighted by molar-refractivity contribution is 5.27. The van der Waals surface area contributed by atoms with E-state index in [1.54, 1.807) is 0 Å². The van der Waals surface area contributed by atoms with Crippen molar-refractivity contribution in [2.75, 3.05) is 0 Å². The summed E-state index contributed by atoms with van der Waals surface area (Å²) in [5.41, 5.74) is 1.11. The molecule has 1 aliphatic carbocycles. The van der Waals surface area contributed by atoms with Gasteiger partial charge < -0.3 is 0 Å². The first-order chi connectivity index (χ1) is 5.30. The molecule has 0 saturated carbocycles. The maximum atomic E-state index is 3.87. The minimum absolute atomic E-state index is 0.250. The van der Waals surface area contributed by atoms with Crippen LogP contribution in [0, 0.1) is 17.8 Å². The molecule has 0 aromatic heterocycles. The minimum atomic E-state index is 0.250. The zero-order chi connectivity index (χ0) is 8.10. The van der Waals surface area contributed by atoms with Crippen LogP contribution in [0.4, 0.5) is 0 Å². The van der Waals surface area contributed by atoms with Crippen molar-refractivity contribution >= 4 is 0 Å².